The molecule has 0 amide bonds. The summed E-state index contributed by atoms with van der Waals surface area (Å²) in [6, 6.07) is 1.30. The minimum absolute atomic E-state index is 0.627. The second-order valence-corrected chi connectivity index (χ2v) is 7.31. The summed E-state index contributed by atoms with van der Waals surface area (Å²) in [5.41, 5.74) is 1.35. The lowest BCUT2D eigenvalue weighted by Gasteiger charge is -2.42. The maximum absolute atomic E-state index is 4.28. The molecule has 0 aromatic carbocycles. The summed E-state index contributed by atoms with van der Waals surface area (Å²) < 4.78 is 1.90. The van der Waals surface area contributed by atoms with Crippen molar-refractivity contribution in [3.8, 4) is 0 Å². The van der Waals surface area contributed by atoms with Gasteiger partial charge in [0.1, 0.15) is 0 Å². The Bertz CT molecular complexity index is 424. The normalized spacial score (nSPS) is 24.1. The van der Waals surface area contributed by atoms with E-state index in [-0.39, 0.29) is 0 Å². The SMILES string of the molecule is CC(C)CC1CNC(C(C)C)CN1CCc1cnn(C)c1. The largest absolute Gasteiger partial charge is 0.311 e. The molecule has 4 nitrogen and oxygen atoms in total. The lowest BCUT2D eigenvalue weighted by atomic mass is 9.94. The van der Waals surface area contributed by atoms with E-state index in [1.165, 1.54) is 18.5 Å². The third-order valence-electron chi connectivity index (χ3n) is 4.56. The highest BCUT2D eigenvalue weighted by Gasteiger charge is 2.29. The molecule has 1 aromatic heterocycles. The third-order valence-corrected chi connectivity index (χ3v) is 4.56. The Morgan fingerprint density at radius 3 is 2.67 bits per heavy atom. The maximum atomic E-state index is 4.28. The number of aryl methyl sites for hydroxylation is 1. The summed E-state index contributed by atoms with van der Waals surface area (Å²) in [6.45, 7) is 12.7. The smallest absolute Gasteiger partial charge is 0.0522 e. The van der Waals surface area contributed by atoms with Crippen LogP contribution in [0, 0.1) is 11.8 Å². The predicted molar refractivity (Wildman–Crippen MR) is 88.4 cm³/mol. The molecule has 1 aliphatic rings. The van der Waals surface area contributed by atoms with E-state index < -0.39 is 0 Å². The zero-order valence-corrected chi connectivity index (χ0v) is 14.3. The van der Waals surface area contributed by atoms with Gasteiger partial charge in [0.05, 0.1) is 6.20 Å². The number of aromatic nitrogens is 2. The van der Waals surface area contributed by atoms with E-state index in [0.717, 1.165) is 25.4 Å². The Balaban J connectivity index is 1.95. The number of nitrogens with one attached hydrogen (secondary N) is 1. The van der Waals surface area contributed by atoms with Gasteiger partial charge in [-0.2, -0.15) is 5.10 Å². The number of piperazine rings is 1. The lowest BCUT2D eigenvalue weighted by Crippen LogP contribution is -2.58. The molecule has 0 radical (unpaired) electrons. The second-order valence-electron chi connectivity index (χ2n) is 7.31. The van der Waals surface area contributed by atoms with Crippen LogP contribution in [0.15, 0.2) is 12.4 Å². The van der Waals surface area contributed by atoms with Gasteiger partial charge in [0.2, 0.25) is 0 Å². The summed E-state index contributed by atoms with van der Waals surface area (Å²) in [6.07, 6.45) is 6.53. The molecule has 2 unspecified atom stereocenters. The van der Waals surface area contributed by atoms with Crippen molar-refractivity contribution in [2.45, 2.75) is 52.6 Å². The topological polar surface area (TPSA) is 33.1 Å². The fraction of sp³-hybridized carbons (Fsp3) is 0.824. The van der Waals surface area contributed by atoms with Crippen molar-refractivity contribution in [1.82, 2.24) is 20.0 Å². The summed E-state index contributed by atoms with van der Waals surface area (Å²) in [5, 5.41) is 8.02. The molecule has 21 heavy (non-hydrogen) atoms. The van der Waals surface area contributed by atoms with Crippen molar-refractivity contribution in [1.29, 1.82) is 0 Å². The maximum Gasteiger partial charge on any atom is 0.0522 e. The molecule has 4 heteroatoms. The number of rotatable bonds is 6. The van der Waals surface area contributed by atoms with Gasteiger partial charge < -0.3 is 5.32 Å². The van der Waals surface area contributed by atoms with Crippen LogP contribution in [0.2, 0.25) is 0 Å². The highest BCUT2D eigenvalue weighted by Crippen LogP contribution is 2.19. The monoisotopic (exact) mass is 292 g/mol. The molecule has 120 valence electrons. The van der Waals surface area contributed by atoms with Crippen LogP contribution in [-0.2, 0) is 13.5 Å². The first-order valence-corrected chi connectivity index (χ1v) is 8.40. The highest BCUT2D eigenvalue weighted by molar-refractivity contribution is 5.04. The van der Waals surface area contributed by atoms with Gasteiger partial charge in [-0.3, -0.25) is 9.58 Å². The molecular formula is C17H32N4. The fourth-order valence-corrected chi connectivity index (χ4v) is 3.25. The predicted octanol–water partition coefficient (Wildman–Crippen LogP) is 2.31. The molecule has 0 spiro atoms. The Labute approximate surface area is 129 Å². The number of hydrogen-bond donors (Lipinski definition) is 1. The average Bonchev–Trinajstić information content (AvgIpc) is 2.82. The molecule has 1 saturated heterocycles. The highest BCUT2D eigenvalue weighted by atomic mass is 15.2. The van der Waals surface area contributed by atoms with Gasteiger partial charge in [-0.15, -0.1) is 0 Å². The van der Waals surface area contributed by atoms with Crippen LogP contribution >= 0.6 is 0 Å². The van der Waals surface area contributed by atoms with Gasteiger partial charge in [-0.05, 0) is 30.2 Å². The van der Waals surface area contributed by atoms with Gasteiger partial charge in [0, 0.05) is 45.0 Å². The lowest BCUT2D eigenvalue weighted by molar-refractivity contribution is 0.101. The van der Waals surface area contributed by atoms with E-state index in [1.807, 2.05) is 17.9 Å². The molecule has 1 fully saturated rings. The molecule has 2 rings (SSSR count). The second kappa shape index (κ2) is 7.41. The van der Waals surface area contributed by atoms with E-state index in [0.29, 0.717) is 18.0 Å². The van der Waals surface area contributed by atoms with Crippen molar-refractivity contribution in [3.63, 3.8) is 0 Å². The molecule has 1 N–H and O–H groups in total. The van der Waals surface area contributed by atoms with Crippen LogP contribution in [-0.4, -0.2) is 46.4 Å². The Morgan fingerprint density at radius 1 is 1.33 bits per heavy atom. The van der Waals surface area contributed by atoms with Crippen LogP contribution in [0.5, 0.6) is 0 Å². The van der Waals surface area contributed by atoms with Gasteiger partial charge in [-0.25, -0.2) is 0 Å². The standard InChI is InChI=1S/C17H32N4/c1-13(2)8-16-10-18-17(14(3)4)12-21(16)7-6-15-9-19-20(5)11-15/h9,11,13-14,16-18H,6-8,10,12H2,1-5H3. The zero-order chi connectivity index (χ0) is 15.4. The summed E-state index contributed by atoms with van der Waals surface area (Å²) in [7, 11) is 1.99. The van der Waals surface area contributed by atoms with Gasteiger partial charge in [-0.1, -0.05) is 27.7 Å². The Kier molecular flexibility index (Phi) is 5.82. The van der Waals surface area contributed by atoms with Gasteiger partial charge in [0.25, 0.3) is 0 Å². The van der Waals surface area contributed by atoms with E-state index in [4.69, 9.17) is 0 Å². The van der Waals surface area contributed by atoms with Crippen molar-refractivity contribution >= 4 is 0 Å². The van der Waals surface area contributed by atoms with Crippen LogP contribution < -0.4 is 5.32 Å². The molecular weight excluding hydrogens is 260 g/mol. The summed E-state index contributed by atoms with van der Waals surface area (Å²) >= 11 is 0. The van der Waals surface area contributed by atoms with Gasteiger partial charge >= 0.3 is 0 Å². The first-order valence-electron chi connectivity index (χ1n) is 8.40. The van der Waals surface area contributed by atoms with E-state index in [1.54, 1.807) is 0 Å². The molecule has 0 saturated carbocycles. The van der Waals surface area contributed by atoms with Crippen LogP contribution in [0.4, 0.5) is 0 Å². The van der Waals surface area contributed by atoms with E-state index in [2.05, 4.69) is 49.2 Å². The van der Waals surface area contributed by atoms with Gasteiger partial charge in [0.15, 0.2) is 0 Å². The molecule has 0 aliphatic carbocycles. The minimum Gasteiger partial charge on any atom is -0.311 e. The van der Waals surface area contributed by atoms with Crippen molar-refractivity contribution in [3.05, 3.63) is 18.0 Å². The molecule has 2 heterocycles. The molecule has 0 bridgehead atoms. The summed E-state index contributed by atoms with van der Waals surface area (Å²) in [4.78, 5) is 2.70. The first kappa shape index (κ1) is 16.5. The van der Waals surface area contributed by atoms with E-state index in [9.17, 15) is 0 Å². The van der Waals surface area contributed by atoms with Crippen LogP contribution in [0.25, 0.3) is 0 Å². The first-order chi connectivity index (χ1) is 9.95. The minimum atomic E-state index is 0.627. The summed E-state index contributed by atoms with van der Waals surface area (Å²) in [5.74, 6) is 1.46. The van der Waals surface area contributed by atoms with Crippen molar-refractivity contribution in [2.24, 2.45) is 18.9 Å². The molecule has 1 aliphatic heterocycles. The zero-order valence-electron chi connectivity index (χ0n) is 14.3. The Hall–Kier alpha value is -0.870. The van der Waals surface area contributed by atoms with E-state index >= 15 is 0 Å². The van der Waals surface area contributed by atoms with Crippen molar-refractivity contribution in [2.75, 3.05) is 19.6 Å². The van der Waals surface area contributed by atoms with Crippen LogP contribution in [0.1, 0.15) is 39.7 Å². The van der Waals surface area contributed by atoms with Crippen molar-refractivity contribution < 1.29 is 0 Å². The number of hydrogen-bond acceptors (Lipinski definition) is 3. The Morgan fingerprint density at radius 2 is 2.10 bits per heavy atom. The average molecular weight is 292 g/mol. The quantitative estimate of drug-likeness (QED) is 0.873. The van der Waals surface area contributed by atoms with Crippen LogP contribution in [0.3, 0.4) is 0 Å². The molecule has 2 atom stereocenters. The molecule has 1 aromatic rings. The fourth-order valence-electron chi connectivity index (χ4n) is 3.25. The third kappa shape index (κ3) is 4.82. The number of nitrogens with zero attached hydrogens (tertiary/aromatic N) is 3.